The number of aliphatic hydroxyl groups excluding tert-OH is 1. The molecule has 35 heavy (non-hydrogen) atoms. The molecule has 0 aliphatic carbocycles. The molecule has 0 aromatic heterocycles. The monoisotopic (exact) mass is 498 g/mol. The lowest BCUT2D eigenvalue weighted by Gasteiger charge is -2.33. The summed E-state index contributed by atoms with van der Waals surface area (Å²) < 4.78 is 21.8. The van der Waals surface area contributed by atoms with Gasteiger partial charge in [0, 0.05) is 24.2 Å². The number of aliphatic hydroxyl groups is 1. The quantitative estimate of drug-likeness (QED) is 0.336. The Kier molecular flexibility index (Phi) is 9.66. The molecule has 6 nitrogen and oxygen atoms in total. The summed E-state index contributed by atoms with van der Waals surface area (Å²) in [5.41, 5.74) is 2.80. The van der Waals surface area contributed by atoms with Gasteiger partial charge in [0.25, 0.3) is 0 Å². The highest BCUT2D eigenvalue weighted by Crippen LogP contribution is 2.36. The van der Waals surface area contributed by atoms with Crippen molar-refractivity contribution in [2.75, 3.05) is 35.0 Å². The fourth-order valence-electron chi connectivity index (χ4n) is 4.18. The largest absolute Gasteiger partial charge is 0.493 e. The first kappa shape index (κ1) is 26.7. The molecule has 0 fully saturated rings. The molecule has 0 aliphatic heterocycles. The average Bonchev–Trinajstić information content (AvgIpc) is 2.88. The van der Waals surface area contributed by atoms with Crippen LogP contribution in [0.3, 0.4) is 0 Å². The number of rotatable bonds is 12. The average molecular weight is 499 g/mol. The predicted molar refractivity (Wildman–Crippen MR) is 139 cm³/mol. The van der Waals surface area contributed by atoms with E-state index in [9.17, 15) is 5.11 Å². The van der Waals surface area contributed by atoms with Crippen molar-refractivity contribution in [3.05, 3.63) is 88.8 Å². The summed E-state index contributed by atoms with van der Waals surface area (Å²) in [6.07, 6.45) is 1.36. The summed E-state index contributed by atoms with van der Waals surface area (Å²) in [5.74, 6) is 2.64. The fraction of sp³-hybridized carbons (Fsp3) is 0.321. The van der Waals surface area contributed by atoms with Crippen molar-refractivity contribution in [2.45, 2.75) is 25.6 Å². The molecule has 3 aromatic carbocycles. The van der Waals surface area contributed by atoms with E-state index in [0.717, 1.165) is 16.7 Å². The lowest BCUT2D eigenvalue weighted by Crippen LogP contribution is -2.32. The maximum atomic E-state index is 11.1. The first-order valence-electron chi connectivity index (χ1n) is 11.3. The molecule has 187 valence electrons. The van der Waals surface area contributed by atoms with Gasteiger partial charge in [0.05, 0.1) is 34.5 Å². The van der Waals surface area contributed by atoms with Crippen molar-refractivity contribution >= 4 is 11.6 Å². The van der Waals surface area contributed by atoms with E-state index in [4.69, 9.17) is 30.5 Å². The van der Waals surface area contributed by atoms with Crippen LogP contribution in [-0.2, 0) is 6.54 Å². The predicted octanol–water partition coefficient (Wildman–Crippen LogP) is 5.88. The summed E-state index contributed by atoms with van der Waals surface area (Å²) in [7, 11) is 6.47. The molecule has 0 saturated carbocycles. The van der Waals surface area contributed by atoms with E-state index < -0.39 is 6.10 Å². The first-order chi connectivity index (χ1) is 16.9. The van der Waals surface area contributed by atoms with Crippen molar-refractivity contribution in [1.29, 1.82) is 0 Å². The van der Waals surface area contributed by atoms with Crippen LogP contribution >= 0.6 is 11.6 Å². The van der Waals surface area contributed by atoms with Crippen LogP contribution in [0.1, 0.15) is 35.8 Å². The van der Waals surface area contributed by atoms with Crippen molar-refractivity contribution in [1.82, 2.24) is 4.90 Å². The standard InChI is InChI=1S/C28H33ClNO5/c1-6-23(20-11-13-26(33-3)28(16-20)35-5)30(18-24(31)21-8-7-9-22(29)15-21)17-19-10-12-25(32-2)27(14-19)34-4/h6-16,23-24,31H,17-18H2,1-5H3/t23-,24?/m1/s1. The van der Waals surface area contributed by atoms with Gasteiger partial charge in [-0.15, -0.1) is 0 Å². The summed E-state index contributed by atoms with van der Waals surface area (Å²) in [6.45, 7) is 2.94. The number of hydrogen-bond donors (Lipinski definition) is 1. The Morgan fingerprint density at radius 1 is 0.800 bits per heavy atom. The van der Waals surface area contributed by atoms with Gasteiger partial charge in [-0.05, 0) is 59.5 Å². The number of halogens is 1. The van der Waals surface area contributed by atoms with Crippen LogP contribution in [0.5, 0.6) is 23.0 Å². The highest BCUT2D eigenvalue weighted by atomic mass is 35.5. The zero-order valence-corrected chi connectivity index (χ0v) is 21.6. The molecule has 0 aliphatic rings. The smallest absolute Gasteiger partial charge is 0.161 e. The van der Waals surface area contributed by atoms with E-state index in [0.29, 0.717) is 41.1 Å². The molecule has 7 heteroatoms. The highest BCUT2D eigenvalue weighted by molar-refractivity contribution is 6.30. The molecular formula is C28H33ClNO5. The van der Waals surface area contributed by atoms with Gasteiger partial charge in [-0.3, -0.25) is 4.90 Å². The van der Waals surface area contributed by atoms with Gasteiger partial charge in [0.15, 0.2) is 23.0 Å². The molecule has 1 N–H and O–H groups in total. The van der Waals surface area contributed by atoms with E-state index in [-0.39, 0.29) is 6.04 Å². The van der Waals surface area contributed by atoms with Crippen LogP contribution < -0.4 is 18.9 Å². The normalized spacial score (nSPS) is 12.8. The lowest BCUT2D eigenvalue weighted by atomic mass is 9.99. The maximum Gasteiger partial charge on any atom is 0.161 e. The maximum absolute atomic E-state index is 11.1. The third-order valence-electron chi connectivity index (χ3n) is 5.93. The molecule has 2 atom stereocenters. The van der Waals surface area contributed by atoms with Crippen LogP contribution in [-0.4, -0.2) is 45.0 Å². The number of ether oxygens (including phenoxy) is 4. The van der Waals surface area contributed by atoms with Crippen LogP contribution in [0.4, 0.5) is 0 Å². The zero-order chi connectivity index (χ0) is 25.4. The Labute approximate surface area is 213 Å². The minimum Gasteiger partial charge on any atom is -0.493 e. The molecule has 0 amide bonds. The van der Waals surface area contributed by atoms with E-state index in [1.807, 2.05) is 55.5 Å². The van der Waals surface area contributed by atoms with Crippen LogP contribution in [0, 0.1) is 6.42 Å². The van der Waals surface area contributed by atoms with Crippen molar-refractivity contribution in [3.63, 3.8) is 0 Å². The summed E-state index contributed by atoms with van der Waals surface area (Å²) in [6, 6.07) is 18.9. The van der Waals surface area contributed by atoms with Crippen LogP contribution in [0.2, 0.25) is 5.02 Å². The third-order valence-corrected chi connectivity index (χ3v) is 6.17. The Hall–Kier alpha value is -2.93. The Bertz CT molecular complexity index is 1110. The van der Waals surface area contributed by atoms with E-state index in [1.54, 1.807) is 40.6 Å². The van der Waals surface area contributed by atoms with Crippen molar-refractivity contribution < 1.29 is 24.1 Å². The molecule has 1 radical (unpaired) electrons. The fourth-order valence-corrected chi connectivity index (χ4v) is 4.38. The number of methoxy groups -OCH3 is 4. The zero-order valence-electron chi connectivity index (χ0n) is 20.8. The molecule has 0 saturated heterocycles. The number of nitrogens with zero attached hydrogens (tertiary/aromatic N) is 1. The number of benzene rings is 3. The first-order valence-corrected chi connectivity index (χ1v) is 11.7. The van der Waals surface area contributed by atoms with Gasteiger partial charge in [0.2, 0.25) is 0 Å². The molecule has 0 heterocycles. The second-order valence-corrected chi connectivity index (χ2v) is 8.52. The highest BCUT2D eigenvalue weighted by Gasteiger charge is 2.24. The SMILES string of the molecule is C[CH][C@H](c1ccc(OC)c(OC)c1)N(Cc1ccc(OC)c(OC)c1)CC(O)c1cccc(Cl)c1. The van der Waals surface area contributed by atoms with Crippen LogP contribution in [0.15, 0.2) is 60.7 Å². The van der Waals surface area contributed by atoms with Gasteiger partial charge < -0.3 is 24.1 Å². The third kappa shape index (κ3) is 6.60. The van der Waals surface area contributed by atoms with Crippen LogP contribution in [0.25, 0.3) is 0 Å². The number of hydrogen-bond acceptors (Lipinski definition) is 6. The molecule has 1 unspecified atom stereocenters. The van der Waals surface area contributed by atoms with E-state index >= 15 is 0 Å². The van der Waals surface area contributed by atoms with Crippen molar-refractivity contribution in [2.24, 2.45) is 0 Å². The van der Waals surface area contributed by atoms with Gasteiger partial charge in [0.1, 0.15) is 0 Å². The van der Waals surface area contributed by atoms with Gasteiger partial charge in [-0.2, -0.15) is 0 Å². The Morgan fingerprint density at radius 3 is 2.03 bits per heavy atom. The summed E-state index contributed by atoms with van der Waals surface area (Å²) in [5, 5.41) is 11.7. The molecule has 0 spiro atoms. The van der Waals surface area contributed by atoms with E-state index in [1.165, 1.54) is 0 Å². The van der Waals surface area contributed by atoms with Gasteiger partial charge >= 0.3 is 0 Å². The minimum atomic E-state index is -0.739. The molecule has 3 rings (SSSR count). The minimum absolute atomic E-state index is 0.114. The summed E-state index contributed by atoms with van der Waals surface area (Å²) in [4.78, 5) is 2.20. The molecular weight excluding hydrogens is 466 g/mol. The van der Waals surface area contributed by atoms with Crippen molar-refractivity contribution in [3.8, 4) is 23.0 Å². The van der Waals surface area contributed by atoms with Gasteiger partial charge in [-0.25, -0.2) is 0 Å². The second kappa shape index (κ2) is 12.7. The molecule has 3 aromatic rings. The van der Waals surface area contributed by atoms with E-state index in [2.05, 4.69) is 11.3 Å². The van der Waals surface area contributed by atoms with Gasteiger partial charge in [-0.1, -0.05) is 42.8 Å². The Morgan fingerprint density at radius 2 is 1.43 bits per heavy atom. The summed E-state index contributed by atoms with van der Waals surface area (Å²) >= 11 is 6.18. The topological polar surface area (TPSA) is 60.4 Å². The molecule has 0 bridgehead atoms. The lowest BCUT2D eigenvalue weighted by molar-refractivity contribution is 0.0893. The second-order valence-electron chi connectivity index (χ2n) is 8.08. The Balaban J connectivity index is 1.98.